The second-order valence-corrected chi connectivity index (χ2v) is 7.19. The molecule has 0 saturated carbocycles. The second kappa shape index (κ2) is 8.48. The van der Waals surface area contributed by atoms with Gasteiger partial charge in [-0.05, 0) is 39.7 Å². The Morgan fingerprint density at radius 1 is 1.08 bits per heavy atom. The number of hydrogen-bond acceptors (Lipinski definition) is 5. The number of aromatic nitrogens is 2. The van der Waals surface area contributed by atoms with Crippen LogP contribution in [0.3, 0.4) is 0 Å². The van der Waals surface area contributed by atoms with Gasteiger partial charge in [-0.3, -0.25) is 0 Å². The van der Waals surface area contributed by atoms with E-state index in [2.05, 4.69) is 38.5 Å². The fraction of sp³-hybridized carbons (Fsp3) is 0.111. The van der Waals surface area contributed by atoms with Crippen molar-refractivity contribution < 1.29 is 9.47 Å². The van der Waals surface area contributed by atoms with Crippen LogP contribution in [0.4, 0.5) is 0 Å². The maximum absolute atomic E-state index is 6.34. The van der Waals surface area contributed by atoms with Crippen LogP contribution in [0.25, 0.3) is 11.3 Å². The average molecular weight is 472 g/mol. The van der Waals surface area contributed by atoms with E-state index in [-0.39, 0.29) is 0 Å². The van der Waals surface area contributed by atoms with Gasteiger partial charge in [-0.2, -0.15) is 0 Å². The zero-order valence-electron chi connectivity index (χ0n) is 13.5. The van der Waals surface area contributed by atoms with Crippen LogP contribution in [0.15, 0.2) is 52.1 Å². The van der Waals surface area contributed by atoms with Crippen LogP contribution in [0.5, 0.6) is 11.6 Å². The lowest BCUT2D eigenvalue weighted by Gasteiger charge is -2.13. The van der Waals surface area contributed by atoms with E-state index in [0.29, 0.717) is 43.4 Å². The molecule has 1 aromatic heterocycles. The summed E-state index contributed by atoms with van der Waals surface area (Å²) in [5.41, 5.74) is 2.07. The number of methoxy groups -OCH3 is 1. The third kappa shape index (κ3) is 4.26. The molecule has 8 heteroatoms. The van der Waals surface area contributed by atoms with Gasteiger partial charge in [0.15, 0.2) is 0 Å². The van der Waals surface area contributed by atoms with Crippen molar-refractivity contribution in [3.8, 4) is 22.9 Å². The molecule has 4 nitrogen and oxygen atoms in total. The third-order valence-electron chi connectivity index (χ3n) is 3.55. The molecule has 0 atom stereocenters. The fourth-order valence-electron chi connectivity index (χ4n) is 2.23. The van der Waals surface area contributed by atoms with Gasteiger partial charge in [0, 0.05) is 5.56 Å². The summed E-state index contributed by atoms with van der Waals surface area (Å²) in [6.45, 7) is 0.304. The molecule has 26 heavy (non-hydrogen) atoms. The van der Waals surface area contributed by atoms with Crippen molar-refractivity contribution in [2.24, 2.45) is 0 Å². The average Bonchev–Trinajstić information content (AvgIpc) is 2.65. The molecule has 0 unspecified atom stereocenters. The smallest absolute Gasteiger partial charge is 0.242 e. The van der Waals surface area contributed by atoms with Gasteiger partial charge in [-0.25, -0.2) is 9.97 Å². The molecule has 134 valence electrons. The normalized spacial score (nSPS) is 10.7. The van der Waals surface area contributed by atoms with Gasteiger partial charge in [-0.15, -0.1) is 12.6 Å². The molecule has 0 amide bonds. The van der Waals surface area contributed by atoms with Gasteiger partial charge in [0.25, 0.3) is 0 Å². The number of nitrogens with zero attached hydrogens (tertiary/aromatic N) is 2. The summed E-state index contributed by atoms with van der Waals surface area (Å²) < 4.78 is 11.5. The van der Waals surface area contributed by atoms with Gasteiger partial charge >= 0.3 is 0 Å². The quantitative estimate of drug-likeness (QED) is 0.457. The first-order valence-corrected chi connectivity index (χ1v) is 9.46. The van der Waals surface area contributed by atoms with E-state index in [9.17, 15) is 0 Å². The Morgan fingerprint density at radius 2 is 1.81 bits per heavy atom. The molecule has 0 spiro atoms. The molecular formula is C18H13BrCl2N2O2S. The minimum atomic E-state index is 0.304. The van der Waals surface area contributed by atoms with Crippen molar-refractivity contribution in [3.05, 3.63) is 62.7 Å². The number of halogens is 3. The van der Waals surface area contributed by atoms with Gasteiger partial charge in [0.1, 0.15) is 27.7 Å². The van der Waals surface area contributed by atoms with Crippen LogP contribution in [0.2, 0.25) is 10.0 Å². The van der Waals surface area contributed by atoms with Crippen molar-refractivity contribution in [1.29, 1.82) is 0 Å². The maximum atomic E-state index is 6.34. The zero-order valence-corrected chi connectivity index (χ0v) is 17.5. The lowest BCUT2D eigenvalue weighted by atomic mass is 10.1. The molecule has 3 aromatic rings. The maximum Gasteiger partial charge on any atom is 0.242 e. The molecule has 1 heterocycles. The van der Waals surface area contributed by atoms with E-state index in [0.717, 1.165) is 11.3 Å². The molecule has 0 aliphatic heterocycles. The molecule has 0 aliphatic carbocycles. The first kappa shape index (κ1) is 19.3. The molecule has 0 aliphatic rings. The molecule has 2 aromatic carbocycles. The zero-order chi connectivity index (χ0) is 18.7. The number of rotatable bonds is 5. The Bertz CT molecular complexity index is 939. The first-order chi connectivity index (χ1) is 12.5. The van der Waals surface area contributed by atoms with Crippen LogP contribution in [0.1, 0.15) is 5.56 Å². The van der Waals surface area contributed by atoms with Gasteiger partial charge in [-0.1, -0.05) is 47.5 Å². The molecule has 0 fully saturated rings. The third-order valence-corrected chi connectivity index (χ3v) is 5.54. The number of thiol groups is 1. The molecule has 0 N–H and O–H groups in total. The largest absolute Gasteiger partial charge is 0.497 e. The summed E-state index contributed by atoms with van der Waals surface area (Å²) in [6.07, 6.45) is 0. The van der Waals surface area contributed by atoms with Crippen LogP contribution in [-0.2, 0) is 6.61 Å². The van der Waals surface area contributed by atoms with E-state index in [1.807, 2.05) is 30.3 Å². The first-order valence-electron chi connectivity index (χ1n) is 7.46. The van der Waals surface area contributed by atoms with E-state index >= 15 is 0 Å². The van der Waals surface area contributed by atoms with E-state index in [4.69, 9.17) is 32.7 Å². The number of ether oxygens (including phenoxy) is 2. The van der Waals surface area contributed by atoms with Gasteiger partial charge in [0.05, 0.1) is 17.2 Å². The molecular weight excluding hydrogens is 459 g/mol. The van der Waals surface area contributed by atoms with Crippen LogP contribution in [-0.4, -0.2) is 17.1 Å². The van der Waals surface area contributed by atoms with Crippen LogP contribution >= 0.6 is 51.8 Å². The van der Waals surface area contributed by atoms with E-state index < -0.39 is 0 Å². The van der Waals surface area contributed by atoms with Crippen molar-refractivity contribution >= 4 is 51.8 Å². The Balaban J connectivity index is 1.95. The van der Waals surface area contributed by atoms with E-state index in [1.54, 1.807) is 19.2 Å². The Hall–Kier alpha value is -1.47. The predicted octanol–water partition coefficient (Wildman–Crippen LogP) is 6.09. The second-order valence-electron chi connectivity index (χ2n) is 5.23. The van der Waals surface area contributed by atoms with Gasteiger partial charge < -0.3 is 9.47 Å². The topological polar surface area (TPSA) is 44.2 Å². The fourth-order valence-corrected chi connectivity index (χ4v) is 3.02. The lowest BCUT2D eigenvalue weighted by Crippen LogP contribution is -2.02. The summed E-state index contributed by atoms with van der Waals surface area (Å²) in [5.74, 6) is 1.10. The predicted molar refractivity (Wildman–Crippen MR) is 110 cm³/mol. The lowest BCUT2D eigenvalue weighted by molar-refractivity contribution is 0.291. The van der Waals surface area contributed by atoms with Crippen molar-refractivity contribution in [2.45, 2.75) is 11.6 Å². The number of hydrogen-bond donors (Lipinski definition) is 1. The van der Waals surface area contributed by atoms with Crippen molar-refractivity contribution in [1.82, 2.24) is 9.97 Å². The van der Waals surface area contributed by atoms with Crippen LogP contribution < -0.4 is 9.47 Å². The monoisotopic (exact) mass is 470 g/mol. The molecule has 0 radical (unpaired) electrons. The van der Waals surface area contributed by atoms with Crippen LogP contribution in [0, 0.1) is 0 Å². The summed E-state index contributed by atoms with van der Waals surface area (Å²) in [7, 11) is 1.62. The number of benzene rings is 2. The summed E-state index contributed by atoms with van der Waals surface area (Å²) in [5, 5.41) is 1.23. The van der Waals surface area contributed by atoms with Crippen molar-refractivity contribution in [2.75, 3.05) is 7.11 Å². The minimum Gasteiger partial charge on any atom is -0.497 e. The molecule has 0 bridgehead atoms. The summed E-state index contributed by atoms with van der Waals surface area (Å²) >= 11 is 20.1. The highest BCUT2D eigenvalue weighted by atomic mass is 79.9. The SMILES string of the molecule is COc1ccc(COc2nc(S)c(Br)nc2-c2cccc(Cl)c2Cl)cc1. The molecule has 0 saturated heterocycles. The van der Waals surface area contributed by atoms with Crippen molar-refractivity contribution in [3.63, 3.8) is 0 Å². The highest BCUT2D eigenvalue weighted by Gasteiger charge is 2.18. The van der Waals surface area contributed by atoms with E-state index in [1.165, 1.54) is 0 Å². The Kier molecular flexibility index (Phi) is 6.29. The summed E-state index contributed by atoms with van der Waals surface area (Å²) in [6, 6.07) is 12.9. The summed E-state index contributed by atoms with van der Waals surface area (Å²) in [4.78, 5) is 8.85. The molecule has 3 rings (SSSR count). The Morgan fingerprint density at radius 3 is 2.50 bits per heavy atom. The standard InChI is InChI=1S/C18H13BrCl2N2O2S/c1-24-11-7-5-10(6-8-11)9-25-17-15(22-16(19)18(26)23-17)12-3-2-4-13(20)14(12)21/h2-8H,9H2,1H3,(H,23,26). The Labute approximate surface area is 175 Å². The highest BCUT2D eigenvalue weighted by Crippen LogP contribution is 2.38. The minimum absolute atomic E-state index is 0.304. The highest BCUT2D eigenvalue weighted by molar-refractivity contribution is 9.10. The van der Waals surface area contributed by atoms with Gasteiger partial charge in [0.2, 0.25) is 5.88 Å².